The third-order valence-corrected chi connectivity index (χ3v) is 4.31. The number of phenolic OH excluding ortho intramolecular Hbond substituents is 1. The van der Waals surface area contributed by atoms with E-state index in [1.54, 1.807) is 24.3 Å². The summed E-state index contributed by atoms with van der Waals surface area (Å²) in [5, 5.41) is 21.0. The second-order valence-electron chi connectivity index (χ2n) is 9.00. The van der Waals surface area contributed by atoms with Gasteiger partial charge in [-0.1, -0.05) is 50.6 Å². The van der Waals surface area contributed by atoms with Crippen LogP contribution in [0, 0.1) is 5.41 Å². The highest BCUT2D eigenvalue weighted by atomic mass is 35.5. The van der Waals surface area contributed by atoms with Crippen LogP contribution in [0.1, 0.15) is 41.0 Å². The van der Waals surface area contributed by atoms with Crippen LogP contribution in [0.25, 0.3) is 0 Å². The van der Waals surface area contributed by atoms with Gasteiger partial charge in [0.1, 0.15) is 0 Å². The van der Waals surface area contributed by atoms with E-state index in [-0.39, 0.29) is 21.9 Å². The molecule has 5 N–H and O–H groups in total. The average molecular weight is 433 g/mol. The topological polar surface area (TPSA) is 102 Å². The first-order chi connectivity index (χ1) is 13.8. The molecule has 162 valence electrons. The summed E-state index contributed by atoms with van der Waals surface area (Å²) in [6.45, 7) is 10.2. The molecule has 0 aliphatic rings. The number of hydrogen-bond donors (Lipinski definition) is 5. The summed E-state index contributed by atoms with van der Waals surface area (Å²) in [6.07, 6.45) is 0.774. The Morgan fingerprint density at radius 1 is 0.900 bits per heavy atom. The van der Waals surface area contributed by atoms with Crippen LogP contribution in [0.3, 0.4) is 0 Å². The summed E-state index contributed by atoms with van der Waals surface area (Å²) >= 11 is 6.07. The van der Waals surface area contributed by atoms with Crippen molar-refractivity contribution in [3.05, 3.63) is 47.5 Å². The van der Waals surface area contributed by atoms with Crippen molar-refractivity contribution in [3.8, 4) is 5.75 Å². The predicted octanol–water partition coefficient (Wildman–Crippen LogP) is 6.03. The Balaban J connectivity index is 2.08. The molecule has 2 aromatic carbocycles. The van der Waals surface area contributed by atoms with Gasteiger partial charge >= 0.3 is 12.1 Å². The van der Waals surface area contributed by atoms with Crippen molar-refractivity contribution in [1.29, 1.82) is 0 Å². The standard InChI is InChI=1S/C22H29ClN4O3/c1-21(2,3)13-22(4,5)27-20(30)25-15-11-16(23)18(28)17(12-15)26-19(29)24-14-9-7-6-8-10-14/h6-12,28H,13H2,1-5H3,(H2,24,26,29)(H2,25,27,30). The second kappa shape index (κ2) is 9.26. The third-order valence-electron chi connectivity index (χ3n) is 4.03. The number of benzene rings is 2. The second-order valence-corrected chi connectivity index (χ2v) is 9.41. The minimum absolute atomic E-state index is 0.00300. The van der Waals surface area contributed by atoms with E-state index in [1.807, 2.05) is 19.9 Å². The molecule has 0 saturated carbocycles. The molecule has 30 heavy (non-hydrogen) atoms. The molecule has 0 aliphatic heterocycles. The zero-order valence-electron chi connectivity index (χ0n) is 17.9. The maximum absolute atomic E-state index is 12.5. The van der Waals surface area contributed by atoms with Crippen LogP contribution in [-0.4, -0.2) is 22.7 Å². The summed E-state index contributed by atoms with van der Waals surface area (Å²) in [4.78, 5) is 24.7. The van der Waals surface area contributed by atoms with Gasteiger partial charge in [-0.25, -0.2) is 9.59 Å². The van der Waals surface area contributed by atoms with E-state index in [0.717, 1.165) is 6.42 Å². The van der Waals surface area contributed by atoms with Crippen LogP contribution in [0.5, 0.6) is 5.75 Å². The minimum Gasteiger partial charge on any atom is -0.504 e. The number of anilines is 3. The Kier molecular flexibility index (Phi) is 7.21. The van der Waals surface area contributed by atoms with Gasteiger partial charge in [-0.2, -0.15) is 0 Å². The van der Waals surface area contributed by atoms with Crippen molar-refractivity contribution in [2.24, 2.45) is 5.41 Å². The molecule has 2 aromatic rings. The number of para-hydroxylation sites is 1. The number of urea groups is 2. The summed E-state index contributed by atoms with van der Waals surface area (Å²) in [5.74, 6) is -0.293. The van der Waals surface area contributed by atoms with Crippen LogP contribution in [0.15, 0.2) is 42.5 Å². The molecule has 0 bridgehead atoms. The Morgan fingerprint density at radius 2 is 1.50 bits per heavy atom. The van der Waals surface area contributed by atoms with Crippen LogP contribution in [0.2, 0.25) is 5.02 Å². The van der Waals surface area contributed by atoms with Gasteiger partial charge in [0.2, 0.25) is 0 Å². The third kappa shape index (κ3) is 7.48. The molecule has 0 heterocycles. The first kappa shape index (κ1) is 23.3. The Bertz CT molecular complexity index is 909. The monoisotopic (exact) mass is 432 g/mol. The van der Waals surface area contributed by atoms with E-state index in [2.05, 4.69) is 42.0 Å². The number of carbonyl (C=O) groups is 2. The summed E-state index contributed by atoms with van der Waals surface area (Å²) < 4.78 is 0. The van der Waals surface area contributed by atoms with Gasteiger partial charge in [-0.3, -0.25) is 0 Å². The van der Waals surface area contributed by atoms with E-state index in [0.29, 0.717) is 11.4 Å². The van der Waals surface area contributed by atoms with E-state index in [4.69, 9.17) is 11.6 Å². The normalized spacial score (nSPS) is 11.5. The number of aromatic hydroxyl groups is 1. The lowest BCUT2D eigenvalue weighted by molar-refractivity contribution is 0.220. The van der Waals surface area contributed by atoms with Crippen molar-refractivity contribution in [1.82, 2.24) is 5.32 Å². The summed E-state index contributed by atoms with van der Waals surface area (Å²) in [7, 11) is 0. The van der Waals surface area contributed by atoms with Crippen LogP contribution < -0.4 is 21.3 Å². The number of hydrogen-bond acceptors (Lipinski definition) is 3. The molecule has 2 rings (SSSR count). The highest BCUT2D eigenvalue weighted by Crippen LogP contribution is 2.35. The van der Waals surface area contributed by atoms with E-state index < -0.39 is 17.6 Å². The summed E-state index contributed by atoms with van der Waals surface area (Å²) in [6, 6.07) is 10.7. The molecular weight excluding hydrogens is 404 g/mol. The van der Waals surface area contributed by atoms with Gasteiger partial charge in [-0.05, 0) is 49.9 Å². The van der Waals surface area contributed by atoms with Crippen LogP contribution >= 0.6 is 11.6 Å². The maximum Gasteiger partial charge on any atom is 0.323 e. The smallest absolute Gasteiger partial charge is 0.323 e. The van der Waals surface area contributed by atoms with E-state index in [9.17, 15) is 14.7 Å². The molecule has 7 nitrogen and oxygen atoms in total. The van der Waals surface area contributed by atoms with Gasteiger partial charge in [0.15, 0.2) is 5.75 Å². The number of nitrogens with one attached hydrogen (secondary N) is 4. The van der Waals surface area contributed by atoms with Gasteiger partial charge in [-0.15, -0.1) is 0 Å². The van der Waals surface area contributed by atoms with E-state index >= 15 is 0 Å². The summed E-state index contributed by atoms with van der Waals surface area (Å²) in [5.41, 5.74) is 0.606. The largest absolute Gasteiger partial charge is 0.504 e. The number of carbonyl (C=O) groups excluding carboxylic acids is 2. The molecule has 0 aromatic heterocycles. The van der Waals surface area contributed by atoms with Gasteiger partial charge < -0.3 is 26.4 Å². The molecule has 0 spiro atoms. The van der Waals surface area contributed by atoms with Crippen molar-refractivity contribution < 1.29 is 14.7 Å². The zero-order valence-corrected chi connectivity index (χ0v) is 18.6. The molecule has 8 heteroatoms. The van der Waals surface area contributed by atoms with Gasteiger partial charge in [0, 0.05) is 16.9 Å². The molecule has 0 fully saturated rings. The average Bonchev–Trinajstić information content (AvgIpc) is 2.57. The van der Waals surface area contributed by atoms with Crippen molar-refractivity contribution >= 4 is 40.7 Å². The van der Waals surface area contributed by atoms with Gasteiger partial charge in [0.25, 0.3) is 0 Å². The molecular formula is C22H29ClN4O3. The molecule has 0 aliphatic carbocycles. The molecule has 0 radical (unpaired) electrons. The molecule has 0 atom stereocenters. The lowest BCUT2D eigenvalue weighted by atomic mass is 9.82. The SMILES string of the molecule is CC(C)(C)CC(C)(C)NC(=O)Nc1cc(Cl)c(O)c(NC(=O)Nc2ccccc2)c1. The Morgan fingerprint density at radius 3 is 2.10 bits per heavy atom. The predicted molar refractivity (Wildman–Crippen MR) is 123 cm³/mol. The number of halogens is 1. The fourth-order valence-corrected chi connectivity index (χ4v) is 3.63. The van der Waals surface area contributed by atoms with Crippen LogP contribution in [0.4, 0.5) is 26.7 Å². The Hall–Kier alpha value is -2.93. The molecule has 0 saturated heterocycles. The lowest BCUT2D eigenvalue weighted by Crippen LogP contribution is -2.47. The number of amides is 4. The highest BCUT2D eigenvalue weighted by Gasteiger charge is 2.27. The van der Waals surface area contributed by atoms with Crippen molar-refractivity contribution in [2.45, 2.75) is 46.6 Å². The fraction of sp³-hybridized carbons (Fsp3) is 0.364. The van der Waals surface area contributed by atoms with Crippen molar-refractivity contribution in [2.75, 3.05) is 16.0 Å². The zero-order chi connectivity index (χ0) is 22.5. The minimum atomic E-state index is -0.555. The van der Waals surface area contributed by atoms with Crippen molar-refractivity contribution in [3.63, 3.8) is 0 Å². The molecule has 4 amide bonds. The lowest BCUT2D eigenvalue weighted by Gasteiger charge is -2.33. The molecule has 0 unspecified atom stereocenters. The Labute approximate surface area is 182 Å². The van der Waals surface area contributed by atoms with Crippen LogP contribution in [-0.2, 0) is 0 Å². The van der Waals surface area contributed by atoms with E-state index in [1.165, 1.54) is 12.1 Å². The fourth-order valence-electron chi connectivity index (χ4n) is 3.41. The van der Waals surface area contributed by atoms with Gasteiger partial charge in [0.05, 0.1) is 10.7 Å². The number of phenols is 1. The quantitative estimate of drug-likeness (QED) is 0.294. The first-order valence-electron chi connectivity index (χ1n) is 9.59. The number of rotatable bonds is 5. The maximum atomic E-state index is 12.5. The highest BCUT2D eigenvalue weighted by molar-refractivity contribution is 6.33. The first-order valence-corrected chi connectivity index (χ1v) is 9.97.